The number of aromatic nitrogens is 2. The van der Waals surface area contributed by atoms with Crippen LogP contribution in [0.3, 0.4) is 0 Å². The van der Waals surface area contributed by atoms with Gasteiger partial charge in [0.15, 0.2) is 11.0 Å². The number of nitrogens with zero attached hydrogens (tertiary/aromatic N) is 2. The molecule has 0 aliphatic rings. The second kappa shape index (κ2) is 5.45. The van der Waals surface area contributed by atoms with Crippen LogP contribution >= 0.6 is 11.6 Å². The third-order valence-electron chi connectivity index (χ3n) is 2.87. The molecule has 0 fully saturated rings. The molecule has 0 amide bonds. The Morgan fingerprint density at radius 2 is 1.79 bits per heavy atom. The summed E-state index contributed by atoms with van der Waals surface area (Å²) in [6.45, 7) is 5.79. The zero-order valence-electron chi connectivity index (χ0n) is 11.4. The summed E-state index contributed by atoms with van der Waals surface area (Å²) in [5.41, 5.74) is 3.61. The molecule has 0 spiro atoms. The lowest BCUT2D eigenvalue weighted by Gasteiger charge is -2.13. The standard InChI is InChI=1S/C14H16ClN3O/c1-8-5-6-12(19-4)11(7-8)18-14-13(15)16-9(2)10(3)17-14/h5-7H,1-4H3,(H,17,18). The maximum Gasteiger partial charge on any atom is 0.172 e. The van der Waals surface area contributed by atoms with Gasteiger partial charge >= 0.3 is 0 Å². The molecule has 0 aliphatic carbocycles. The van der Waals surface area contributed by atoms with E-state index < -0.39 is 0 Å². The van der Waals surface area contributed by atoms with Crippen LogP contribution in [-0.4, -0.2) is 17.1 Å². The number of benzene rings is 1. The Kier molecular flexibility index (Phi) is 3.90. The smallest absolute Gasteiger partial charge is 0.172 e. The fourth-order valence-electron chi connectivity index (χ4n) is 1.70. The highest BCUT2D eigenvalue weighted by molar-refractivity contribution is 6.31. The van der Waals surface area contributed by atoms with E-state index in [0.29, 0.717) is 11.0 Å². The molecule has 1 N–H and O–H groups in total. The van der Waals surface area contributed by atoms with Crippen molar-refractivity contribution in [1.82, 2.24) is 9.97 Å². The van der Waals surface area contributed by atoms with Crippen molar-refractivity contribution in [1.29, 1.82) is 0 Å². The predicted octanol–water partition coefficient (Wildman–Crippen LogP) is 3.81. The maximum absolute atomic E-state index is 6.11. The van der Waals surface area contributed by atoms with Crippen molar-refractivity contribution < 1.29 is 4.74 Å². The topological polar surface area (TPSA) is 47.0 Å². The number of methoxy groups -OCH3 is 1. The van der Waals surface area contributed by atoms with Crippen LogP contribution < -0.4 is 10.1 Å². The van der Waals surface area contributed by atoms with Gasteiger partial charge in [-0.25, -0.2) is 9.97 Å². The first-order valence-corrected chi connectivity index (χ1v) is 6.31. The van der Waals surface area contributed by atoms with Crippen LogP contribution in [0.1, 0.15) is 17.0 Å². The van der Waals surface area contributed by atoms with Crippen LogP contribution in [0.5, 0.6) is 5.75 Å². The fraction of sp³-hybridized carbons (Fsp3) is 0.286. The summed E-state index contributed by atoms with van der Waals surface area (Å²) in [6.07, 6.45) is 0. The maximum atomic E-state index is 6.11. The molecule has 5 heteroatoms. The average Bonchev–Trinajstić information content (AvgIpc) is 2.36. The highest BCUT2D eigenvalue weighted by Gasteiger charge is 2.10. The van der Waals surface area contributed by atoms with Crippen LogP contribution in [-0.2, 0) is 0 Å². The summed E-state index contributed by atoms with van der Waals surface area (Å²) in [5, 5.41) is 3.52. The normalized spacial score (nSPS) is 10.4. The summed E-state index contributed by atoms with van der Waals surface area (Å²) >= 11 is 6.11. The molecule has 0 bridgehead atoms. The van der Waals surface area contributed by atoms with E-state index in [4.69, 9.17) is 16.3 Å². The minimum Gasteiger partial charge on any atom is -0.495 e. The molecule has 19 heavy (non-hydrogen) atoms. The number of halogens is 1. The molecule has 1 aromatic heterocycles. The molecule has 0 saturated carbocycles. The molecular formula is C14H16ClN3O. The number of hydrogen-bond donors (Lipinski definition) is 1. The molecule has 1 heterocycles. The van der Waals surface area contributed by atoms with Gasteiger partial charge in [-0.3, -0.25) is 0 Å². The van der Waals surface area contributed by atoms with E-state index in [2.05, 4.69) is 15.3 Å². The Morgan fingerprint density at radius 3 is 2.47 bits per heavy atom. The highest BCUT2D eigenvalue weighted by atomic mass is 35.5. The summed E-state index contributed by atoms with van der Waals surface area (Å²) in [6, 6.07) is 5.86. The van der Waals surface area contributed by atoms with E-state index in [0.717, 1.165) is 28.4 Å². The van der Waals surface area contributed by atoms with Gasteiger partial charge in [0.1, 0.15) is 5.75 Å². The van der Waals surface area contributed by atoms with E-state index >= 15 is 0 Å². The Labute approximate surface area is 117 Å². The number of aryl methyl sites for hydroxylation is 3. The van der Waals surface area contributed by atoms with E-state index in [-0.39, 0.29) is 0 Å². The lowest BCUT2D eigenvalue weighted by molar-refractivity contribution is 0.416. The Morgan fingerprint density at radius 1 is 1.11 bits per heavy atom. The van der Waals surface area contributed by atoms with Gasteiger partial charge in [-0.2, -0.15) is 0 Å². The molecule has 0 atom stereocenters. The first kappa shape index (κ1) is 13.6. The molecule has 4 nitrogen and oxygen atoms in total. The average molecular weight is 278 g/mol. The molecular weight excluding hydrogens is 262 g/mol. The molecule has 100 valence electrons. The minimum atomic E-state index is 0.353. The van der Waals surface area contributed by atoms with Crippen LogP contribution in [0.25, 0.3) is 0 Å². The zero-order valence-corrected chi connectivity index (χ0v) is 12.2. The predicted molar refractivity (Wildman–Crippen MR) is 77.5 cm³/mol. The number of anilines is 2. The monoisotopic (exact) mass is 277 g/mol. The summed E-state index contributed by atoms with van der Waals surface area (Å²) < 4.78 is 5.31. The van der Waals surface area contributed by atoms with Crippen molar-refractivity contribution in [3.63, 3.8) is 0 Å². The fourth-order valence-corrected chi connectivity index (χ4v) is 1.92. The van der Waals surface area contributed by atoms with Gasteiger partial charge in [-0.15, -0.1) is 0 Å². The van der Waals surface area contributed by atoms with Gasteiger partial charge in [-0.1, -0.05) is 17.7 Å². The quantitative estimate of drug-likeness (QED) is 0.927. The summed E-state index contributed by atoms with van der Waals surface area (Å²) in [7, 11) is 1.63. The molecule has 0 radical (unpaired) electrons. The Bertz CT molecular complexity index is 614. The van der Waals surface area contributed by atoms with Crippen molar-refractivity contribution in [2.75, 3.05) is 12.4 Å². The van der Waals surface area contributed by atoms with Crippen molar-refractivity contribution in [3.8, 4) is 5.75 Å². The SMILES string of the molecule is COc1ccc(C)cc1Nc1nc(C)c(C)nc1Cl. The Hall–Kier alpha value is -1.81. The first-order chi connectivity index (χ1) is 9.01. The van der Waals surface area contributed by atoms with Gasteiger partial charge in [-0.05, 0) is 38.5 Å². The number of nitrogens with one attached hydrogen (secondary N) is 1. The first-order valence-electron chi connectivity index (χ1n) is 5.93. The van der Waals surface area contributed by atoms with Crippen molar-refractivity contribution in [3.05, 3.63) is 40.3 Å². The van der Waals surface area contributed by atoms with E-state index in [1.807, 2.05) is 39.0 Å². The summed E-state index contributed by atoms with van der Waals surface area (Å²) in [5.74, 6) is 1.27. The zero-order chi connectivity index (χ0) is 14.0. The second-order valence-corrected chi connectivity index (χ2v) is 4.72. The van der Waals surface area contributed by atoms with Crippen LogP contribution in [0.15, 0.2) is 18.2 Å². The Balaban J connectivity index is 2.41. The van der Waals surface area contributed by atoms with Crippen LogP contribution in [0.2, 0.25) is 5.15 Å². The summed E-state index contributed by atoms with van der Waals surface area (Å²) in [4.78, 5) is 8.66. The molecule has 0 saturated heterocycles. The van der Waals surface area contributed by atoms with E-state index in [1.165, 1.54) is 0 Å². The molecule has 2 rings (SSSR count). The van der Waals surface area contributed by atoms with E-state index in [9.17, 15) is 0 Å². The van der Waals surface area contributed by atoms with Crippen molar-refractivity contribution in [2.24, 2.45) is 0 Å². The van der Waals surface area contributed by atoms with Crippen LogP contribution in [0.4, 0.5) is 11.5 Å². The van der Waals surface area contributed by atoms with E-state index in [1.54, 1.807) is 7.11 Å². The largest absolute Gasteiger partial charge is 0.495 e. The molecule has 2 aromatic rings. The third-order valence-corrected chi connectivity index (χ3v) is 3.14. The lowest BCUT2D eigenvalue weighted by Crippen LogP contribution is -2.02. The molecule has 0 aliphatic heterocycles. The van der Waals surface area contributed by atoms with Gasteiger partial charge in [0.2, 0.25) is 0 Å². The van der Waals surface area contributed by atoms with Gasteiger partial charge in [0, 0.05) is 0 Å². The van der Waals surface area contributed by atoms with Gasteiger partial charge < -0.3 is 10.1 Å². The number of rotatable bonds is 3. The van der Waals surface area contributed by atoms with Crippen molar-refractivity contribution >= 4 is 23.1 Å². The molecule has 1 aromatic carbocycles. The lowest BCUT2D eigenvalue weighted by atomic mass is 10.2. The van der Waals surface area contributed by atoms with Crippen LogP contribution in [0, 0.1) is 20.8 Å². The van der Waals surface area contributed by atoms with Gasteiger partial charge in [0.05, 0.1) is 24.2 Å². The van der Waals surface area contributed by atoms with Crippen molar-refractivity contribution in [2.45, 2.75) is 20.8 Å². The third kappa shape index (κ3) is 2.96. The molecule has 0 unspecified atom stereocenters. The van der Waals surface area contributed by atoms with Gasteiger partial charge in [0.25, 0.3) is 0 Å². The number of ether oxygens (including phenoxy) is 1. The highest BCUT2D eigenvalue weighted by Crippen LogP contribution is 2.30. The second-order valence-electron chi connectivity index (χ2n) is 4.36. The number of hydrogen-bond acceptors (Lipinski definition) is 4. The minimum absolute atomic E-state index is 0.353.